The second-order valence-corrected chi connectivity index (χ2v) is 8.73. The molecule has 1 saturated heterocycles. The maximum absolute atomic E-state index is 12.8. The molecule has 0 radical (unpaired) electrons. The summed E-state index contributed by atoms with van der Waals surface area (Å²) in [6, 6.07) is 7.76. The van der Waals surface area contributed by atoms with E-state index in [1.54, 1.807) is 18.5 Å². The number of hydrogen-bond donors (Lipinski definition) is 0. The second-order valence-electron chi connectivity index (χ2n) is 8.32. The number of carbonyl (C=O) groups excluding carboxylic acids is 2. The van der Waals surface area contributed by atoms with Crippen molar-refractivity contribution in [2.45, 2.75) is 36.9 Å². The molecule has 0 bridgehead atoms. The molecule has 8 heteroatoms. The normalized spacial score (nSPS) is 25.9. The number of fused-ring (bicyclic) bond motifs is 3. The number of rotatable bonds is 0. The van der Waals surface area contributed by atoms with Crippen molar-refractivity contribution in [2.24, 2.45) is 4.99 Å². The van der Waals surface area contributed by atoms with E-state index in [2.05, 4.69) is 9.98 Å². The topological polar surface area (TPSA) is 81.1 Å². The molecule has 6 rings (SSSR count). The Morgan fingerprint density at radius 1 is 1.03 bits per heavy atom. The van der Waals surface area contributed by atoms with E-state index in [9.17, 15) is 9.59 Å². The van der Waals surface area contributed by atoms with Crippen LogP contribution in [0.4, 0.5) is 0 Å². The van der Waals surface area contributed by atoms with E-state index < -0.39 is 11.2 Å². The van der Waals surface area contributed by atoms with E-state index in [0.717, 1.165) is 16.7 Å². The van der Waals surface area contributed by atoms with Crippen LogP contribution in [0.5, 0.6) is 0 Å². The van der Waals surface area contributed by atoms with Crippen LogP contribution in [0.25, 0.3) is 0 Å². The molecule has 4 aliphatic rings. The van der Waals surface area contributed by atoms with Crippen LogP contribution in [-0.2, 0) is 32.7 Å². The number of nitrogens with zero attached hydrogens (tertiary/aromatic N) is 3. The van der Waals surface area contributed by atoms with Crippen LogP contribution in [0.15, 0.2) is 41.7 Å². The van der Waals surface area contributed by atoms with Gasteiger partial charge in [0.2, 0.25) is 5.60 Å². The van der Waals surface area contributed by atoms with Gasteiger partial charge in [-0.25, -0.2) is 4.79 Å². The maximum Gasteiger partial charge on any atom is 0.339 e. The predicted octanol–water partition coefficient (Wildman–Crippen LogP) is 2.65. The van der Waals surface area contributed by atoms with Gasteiger partial charge in [0.15, 0.2) is 0 Å². The molecule has 152 valence electrons. The molecule has 1 unspecified atom stereocenters. The average Bonchev–Trinajstić information content (AvgIpc) is 3.37. The molecule has 2 aromatic rings. The van der Waals surface area contributed by atoms with E-state index in [0.29, 0.717) is 55.4 Å². The highest BCUT2D eigenvalue weighted by molar-refractivity contribution is 6.31. The van der Waals surface area contributed by atoms with Crippen molar-refractivity contribution >= 4 is 29.5 Å². The van der Waals surface area contributed by atoms with Gasteiger partial charge in [-0.15, -0.1) is 0 Å². The van der Waals surface area contributed by atoms with Crippen molar-refractivity contribution in [1.29, 1.82) is 0 Å². The van der Waals surface area contributed by atoms with E-state index in [1.807, 2.05) is 23.1 Å². The number of likely N-dealkylation sites (tertiary alicyclic amines) is 1. The lowest BCUT2D eigenvalue weighted by molar-refractivity contribution is -0.130. The Balaban J connectivity index is 1.20. The molecule has 0 N–H and O–H groups in total. The zero-order chi connectivity index (χ0) is 20.5. The van der Waals surface area contributed by atoms with Gasteiger partial charge in [-0.3, -0.25) is 9.78 Å². The summed E-state index contributed by atoms with van der Waals surface area (Å²) in [5.74, 6) is -0.558. The minimum absolute atomic E-state index is 0.258. The van der Waals surface area contributed by atoms with Crippen molar-refractivity contribution in [3.63, 3.8) is 0 Å². The van der Waals surface area contributed by atoms with Crippen LogP contribution in [0.2, 0.25) is 5.02 Å². The number of carbonyl (C=O) groups is 2. The standard InChI is InChI=1S/C22H18ClN3O4/c23-17-3-1-2-13-10-22(11-15(13)17)19(28)25-20(30-22)26-8-5-21(6-9-26)16-12-24-7-4-14(16)18(27)29-21/h1-4,7,12H,5-6,8-11H2. The molecule has 3 aliphatic heterocycles. The van der Waals surface area contributed by atoms with Gasteiger partial charge in [-0.1, -0.05) is 23.7 Å². The minimum Gasteiger partial charge on any atom is -0.450 e. The van der Waals surface area contributed by atoms with E-state index in [-0.39, 0.29) is 11.9 Å². The third kappa shape index (κ3) is 2.38. The number of aromatic nitrogens is 1. The molecule has 2 spiro atoms. The molecular weight excluding hydrogens is 406 g/mol. The monoisotopic (exact) mass is 423 g/mol. The molecule has 1 aliphatic carbocycles. The van der Waals surface area contributed by atoms with Crippen LogP contribution >= 0.6 is 11.6 Å². The summed E-state index contributed by atoms with van der Waals surface area (Å²) >= 11 is 6.33. The lowest BCUT2D eigenvalue weighted by Gasteiger charge is -2.39. The number of aliphatic imine (C=N–C) groups is 1. The molecule has 4 heterocycles. The average molecular weight is 424 g/mol. The summed E-state index contributed by atoms with van der Waals surface area (Å²) in [5.41, 5.74) is 1.78. The first-order chi connectivity index (χ1) is 14.5. The summed E-state index contributed by atoms with van der Waals surface area (Å²) in [5, 5.41) is 0.657. The highest BCUT2D eigenvalue weighted by Crippen LogP contribution is 2.45. The number of amides is 1. The minimum atomic E-state index is -0.992. The van der Waals surface area contributed by atoms with Crippen LogP contribution in [-0.4, -0.2) is 46.5 Å². The molecule has 1 fully saturated rings. The van der Waals surface area contributed by atoms with Crippen molar-refractivity contribution in [3.05, 3.63) is 63.9 Å². The zero-order valence-corrected chi connectivity index (χ0v) is 16.8. The quantitative estimate of drug-likeness (QED) is 0.606. The third-order valence-electron chi connectivity index (χ3n) is 6.69. The van der Waals surface area contributed by atoms with Gasteiger partial charge >= 0.3 is 5.97 Å². The second kappa shape index (κ2) is 6.04. The molecule has 30 heavy (non-hydrogen) atoms. The fraction of sp³-hybridized carbons (Fsp3) is 0.364. The van der Waals surface area contributed by atoms with E-state index in [1.165, 1.54) is 0 Å². The number of esters is 1. The van der Waals surface area contributed by atoms with E-state index >= 15 is 0 Å². The predicted molar refractivity (Wildman–Crippen MR) is 107 cm³/mol. The Morgan fingerprint density at radius 2 is 1.87 bits per heavy atom. The lowest BCUT2D eigenvalue weighted by Crippen LogP contribution is -2.47. The summed E-state index contributed by atoms with van der Waals surface area (Å²) in [6.07, 6.45) is 5.41. The van der Waals surface area contributed by atoms with E-state index in [4.69, 9.17) is 21.1 Å². The summed E-state index contributed by atoms with van der Waals surface area (Å²) in [7, 11) is 0. The van der Waals surface area contributed by atoms with Crippen LogP contribution in [0, 0.1) is 0 Å². The van der Waals surface area contributed by atoms with Gasteiger partial charge in [0.1, 0.15) is 5.60 Å². The maximum atomic E-state index is 12.8. The number of halogens is 1. The molecule has 1 aromatic carbocycles. The summed E-state index contributed by atoms with van der Waals surface area (Å²) in [4.78, 5) is 35.5. The smallest absolute Gasteiger partial charge is 0.339 e. The van der Waals surface area contributed by atoms with Gasteiger partial charge in [0.25, 0.3) is 11.9 Å². The zero-order valence-electron chi connectivity index (χ0n) is 16.1. The number of benzene rings is 1. The Hall–Kier alpha value is -2.93. The molecule has 7 nitrogen and oxygen atoms in total. The first kappa shape index (κ1) is 17.9. The fourth-order valence-electron chi connectivity index (χ4n) is 5.06. The Kier molecular flexibility index (Phi) is 3.60. The highest BCUT2D eigenvalue weighted by atomic mass is 35.5. The number of ether oxygens (including phenoxy) is 2. The molecule has 1 atom stereocenters. The number of hydrogen-bond acceptors (Lipinski definition) is 6. The molecule has 1 amide bonds. The summed E-state index contributed by atoms with van der Waals surface area (Å²) in [6.45, 7) is 1.13. The molecule has 0 saturated carbocycles. The van der Waals surface area contributed by atoms with Crippen LogP contribution in [0.3, 0.4) is 0 Å². The van der Waals surface area contributed by atoms with Gasteiger partial charge in [0.05, 0.1) is 5.56 Å². The van der Waals surface area contributed by atoms with Crippen molar-refractivity contribution in [3.8, 4) is 0 Å². The van der Waals surface area contributed by atoms with Crippen molar-refractivity contribution in [1.82, 2.24) is 9.88 Å². The van der Waals surface area contributed by atoms with Gasteiger partial charge in [-0.2, -0.15) is 4.99 Å². The molecule has 1 aromatic heterocycles. The number of piperidine rings is 1. The fourth-order valence-corrected chi connectivity index (χ4v) is 5.33. The van der Waals surface area contributed by atoms with Gasteiger partial charge in [0, 0.05) is 61.8 Å². The van der Waals surface area contributed by atoms with Crippen LogP contribution in [0.1, 0.15) is 39.9 Å². The van der Waals surface area contributed by atoms with Crippen molar-refractivity contribution < 1.29 is 19.1 Å². The number of pyridine rings is 1. The largest absolute Gasteiger partial charge is 0.450 e. The summed E-state index contributed by atoms with van der Waals surface area (Å²) < 4.78 is 12.0. The van der Waals surface area contributed by atoms with Crippen LogP contribution < -0.4 is 0 Å². The highest BCUT2D eigenvalue weighted by Gasteiger charge is 2.54. The van der Waals surface area contributed by atoms with Gasteiger partial charge in [-0.05, 0) is 23.3 Å². The number of amidine groups is 1. The Morgan fingerprint density at radius 3 is 2.67 bits per heavy atom. The molecular formula is C22H18ClN3O4. The SMILES string of the molecule is O=C1OC2(CCN(C3=NC(=O)C4(Cc5cccc(Cl)c5C4)O3)CC2)c2cnccc21. The van der Waals surface area contributed by atoms with Crippen molar-refractivity contribution in [2.75, 3.05) is 13.1 Å². The van der Waals surface area contributed by atoms with Gasteiger partial charge < -0.3 is 14.4 Å². The first-order valence-corrected chi connectivity index (χ1v) is 10.4. The Bertz CT molecular complexity index is 1140. The Labute approximate surface area is 177 Å². The lowest BCUT2D eigenvalue weighted by atomic mass is 9.85. The first-order valence-electron chi connectivity index (χ1n) is 10.0. The third-order valence-corrected chi connectivity index (χ3v) is 7.04.